The van der Waals surface area contributed by atoms with E-state index in [2.05, 4.69) is 15.2 Å². The van der Waals surface area contributed by atoms with Crippen LogP contribution >= 0.6 is 0 Å². The van der Waals surface area contributed by atoms with Gasteiger partial charge in [0, 0.05) is 30.7 Å². The number of hydrogen-bond donors (Lipinski definition) is 2. The summed E-state index contributed by atoms with van der Waals surface area (Å²) in [4.78, 5) is 6.98. The largest absolute Gasteiger partial charge is 0.508 e. The SMILES string of the molecule is CNCC1CCCCN1c1nccc2ccc(O)cc12. The number of phenols is 1. The van der Waals surface area contributed by atoms with Crippen LogP contribution in [0.15, 0.2) is 30.5 Å². The molecule has 3 rings (SSSR count). The number of hydrogen-bond acceptors (Lipinski definition) is 4. The van der Waals surface area contributed by atoms with E-state index >= 15 is 0 Å². The third kappa shape index (κ3) is 2.43. The Morgan fingerprint density at radius 3 is 3.10 bits per heavy atom. The number of nitrogens with one attached hydrogen (secondary N) is 1. The first-order chi connectivity index (χ1) is 9.79. The van der Waals surface area contributed by atoms with E-state index in [1.54, 1.807) is 6.07 Å². The maximum absolute atomic E-state index is 9.76. The zero-order valence-electron chi connectivity index (χ0n) is 11.8. The molecule has 4 heteroatoms. The number of fused-ring (bicyclic) bond motifs is 1. The third-order valence-corrected chi connectivity index (χ3v) is 4.07. The lowest BCUT2D eigenvalue weighted by molar-refractivity contribution is 0.444. The topological polar surface area (TPSA) is 48.4 Å². The van der Waals surface area contributed by atoms with Gasteiger partial charge in [-0.1, -0.05) is 6.07 Å². The Morgan fingerprint density at radius 1 is 1.35 bits per heavy atom. The molecule has 4 nitrogen and oxygen atoms in total. The van der Waals surface area contributed by atoms with Gasteiger partial charge in [-0.2, -0.15) is 0 Å². The fourth-order valence-electron chi connectivity index (χ4n) is 3.10. The quantitative estimate of drug-likeness (QED) is 0.900. The normalized spacial score (nSPS) is 19.4. The van der Waals surface area contributed by atoms with Crippen molar-refractivity contribution in [1.82, 2.24) is 10.3 Å². The van der Waals surface area contributed by atoms with E-state index in [9.17, 15) is 5.11 Å². The number of likely N-dealkylation sites (N-methyl/N-ethyl adjacent to an activating group) is 1. The first-order valence-electron chi connectivity index (χ1n) is 7.28. The van der Waals surface area contributed by atoms with Crippen LogP contribution < -0.4 is 10.2 Å². The zero-order valence-corrected chi connectivity index (χ0v) is 11.8. The smallest absolute Gasteiger partial charge is 0.136 e. The Hall–Kier alpha value is -1.81. The summed E-state index contributed by atoms with van der Waals surface area (Å²) in [5.74, 6) is 1.30. The molecule has 1 atom stereocenters. The molecule has 1 fully saturated rings. The number of aromatic nitrogens is 1. The Balaban J connectivity index is 2.05. The van der Waals surface area contributed by atoms with Crippen molar-refractivity contribution in [3.8, 4) is 5.75 Å². The van der Waals surface area contributed by atoms with Gasteiger partial charge in [-0.3, -0.25) is 0 Å². The van der Waals surface area contributed by atoms with Crippen LogP contribution in [0.3, 0.4) is 0 Å². The van der Waals surface area contributed by atoms with E-state index in [0.717, 1.165) is 29.7 Å². The second kappa shape index (κ2) is 5.67. The first kappa shape index (κ1) is 13.2. The molecule has 0 aliphatic carbocycles. The van der Waals surface area contributed by atoms with Crippen LogP contribution in [0.5, 0.6) is 5.75 Å². The van der Waals surface area contributed by atoms with Crippen LogP contribution in [-0.4, -0.2) is 36.3 Å². The molecular formula is C16H21N3O. The summed E-state index contributed by atoms with van der Waals surface area (Å²) < 4.78 is 0. The van der Waals surface area contributed by atoms with Gasteiger partial charge in [0.2, 0.25) is 0 Å². The summed E-state index contributed by atoms with van der Waals surface area (Å²) >= 11 is 0. The van der Waals surface area contributed by atoms with Gasteiger partial charge >= 0.3 is 0 Å². The fraction of sp³-hybridized carbons (Fsp3) is 0.438. The van der Waals surface area contributed by atoms with Gasteiger partial charge in [-0.25, -0.2) is 4.98 Å². The third-order valence-electron chi connectivity index (χ3n) is 4.07. The summed E-state index contributed by atoms with van der Waals surface area (Å²) in [6.45, 7) is 2.00. The van der Waals surface area contributed by atoms with Gasteiger partial charge in [-0.15, -0.1) is 0 Å². The highest BCUT2D eigenvalue weighted by Gasteiger charge is 2.24. The number of pyridine rings is 1. The highest BCUT2D eigenvalue weighted by molar-refractivity contribution is 5.93. The fourth-order valence-corrected chi connectivity index (χ4v) is 3.10. The van der Waals surface area contributed by atoms with Gasteiger partial charge in [0.25, 0.3) is 0 Å². The minimum Gasteiger partial charge on any atom is -0.508 e. The molecule has 1 aliphatic rings. The number of anilines is 1. The van der Waals surface area contributed by atoms with Crippen LogP contribution in [0.25, 0.3) is 10.8 Å². The molecule has 1 aromatic carbocycles. The van der Waals surface area contributed by atoms with Gasteiger partial charge < -0.3 is 15.3 Å². The Kier molecular flexibility index (Phi) is 3.74. The number of rotatable bonds is 3. The molecule has 1 unspecified atom stereocenters. The van der Waals surface area contributed by atoms with Gasteiger partial charge in [-0.05, 0) is 49.9 Å². The lowest BCUT2D eigenvalue weighted by Gasteiger charge is -2.37. The van der Waals surface area contributed by atoms with E-state index < -0.39 is 0 Å². The number of nitrogens with zero attached hydrogens (tertiary/aromatic N) is 2. The molecule has 20 heavy (non-hydrogen) atoms. The van der Waals surface area contributed by atoms with Crippen LogP contribution in [0.2, 0.25) is 0 Å². The standard InChI is InChI=1S/C16H21N3O/c1-17-11-13-4-2-3-9-19(13)16-15-10-14(20)6-5-12(15)7-8-18-16/h5-8,10,13,17,20H,2-4,9,11H2,1H3. The highest BCUT2D eigenvalue weighted by atomic mass is 16.3. The lowest BCUT2D eigenvalue weighted by atomic mass is 10.0. The van der Waals surface area contributed by atoms with Crippen molar-refractivity contribution in [2.75, 3.05) is 25.0 Å². The highest BCUT2D eigenvalue weighted by Crippen LogP contribution is 2.31. The first-order valence-corrected chi connectivity index (χ1v) is 7.28. The summed E-state index contributed by atoms with van der Waals surface area (Å²) in [5.41, 5.74) is 0. The zero-order chi connectivity index (χ0) is 13.9. The molecule has 2 N–H and O–H groups in total. The summed E-state index contributed by atoms with van der Waals surface area (Å²) in [7, 11) is 2.00. The second-order valence-electron chi connectivity index (χ2n) is 5.44. The molecule has 0 radical (unpaired) electrons. The van der Waals surface area contributed by atoms with Crippen LogP contribution in [-0.2, 0) is 0 Å². The second-order valence-corrected chi connectivity index (χ2v) is 5.44. The molecule has 1 aliphatic heterocycles. The van der Waals surface area contributed by atoms with E-state index in [4.69, 9.17) is 0 Å². The number of aromatic hydroxyl groups is 1. The minimum atomic E-state index is 0.300. The van der Waals surface area contributed by atoms with Crippen molar-refractivity contribution < 1.29 is 5.11 Å². The lowest BCUT2D eigenvalue weighted by Crippen LogP contribution is -2.45. The molecule has 1 saturated heterocycles. The number of piperidine rings is 1. The number of benzene rings is 1. The average Bonchev–Trinajstić information content (AvgIpc) is 2.48. The van der Waals surface area contributed by atoms with Crippen LogP contribution in [0.1, 0.15) is 19.3 Å². The van der Waals surface area contributed by atoms with E-state index in [1.807, 2.05) is 31.4 Å². The van der Waals surface area contributed by atoms with Crippen molar-refractivity contribution in [1.29, 1.82) is 0 Å². The molecule has 0 spiro atoms. The molecule has 106 valence electrons. The predicted molar refractivity (Wildman–Crippen MR) is 82.3 cm³/mol. The molecule has 2 aromatic rings. The molecular weight excluding hydrogens is 250 g/mol. The van der Waals surface area contributed by atoms with Gasteiger partial charge in [0.05, 0.1) is 0 Å². The van der Waals surface area contributed by atoms with E-state index in [1.165, 1.54) is 19.3 Å². The Morgan fingerprint density at radius 2 is 2.25 bits per heavy atom. The van der Waals surface area contributed by atoms with Gasteiger partial charge in [0.15, 0.2) is 0 Å². The maximum atomic E-state index is 9.76. The van der Waals surface area contributed by atoms with Crippen molar-refractivity contribution in [2.24, 2.45) is 0 Å². The van der Waals surface area contributed by atoms with Gasteiger partial charge in [0.1, 0.15) is 11.6 Å². The Bertz CT molecular complexity index is 597. The monoisotopic (exact) mass is 271 g/mol. The predicted octanol–water partition coefficient (Wildman–Crippen LogP) is 2.52. The van der Waals surface area contributed by atoms with Crippen LogP contribution in [0, 0.1) is 0 Å². The molecule has 0 bridgehead atoms. The Labute approximate surface area is 119 Å². The number of phenolic OH excluding ortho intramolecular Hbond substituents is 1. The molecule has 0 saturated carbocycles. The van der Waals surface area contributed by atoms with Crippen molar-refractivity contribution in [3.63, 3.8) is 0 Å². The molecule has 0 amide bonds. The maximum Gasteiger partial charge on any atom is 0.136 e. The van der Waals surface area contributed by atoms with E-state index in [0.29, 0.717) is 11.8 Å². The van der Waals surface area contributed by atoms with Crippen molar-refractivity contribution >= 4 is 16.6 Å². The summed E-state index contributed by atoms with van der Waals surface area (Å²) in [6, 6.07) is 7.98. The average molecular weight is 271 g/mol. The van der Waals surface area contributed by atoms with E-state index in [-0.39, 0.29) is 0 Å². The van der Waals surface area contributed by atoms with Crippen LogP contribution in [0.4, 0.5) is 5.82 Å². The summed E-state index contributed by atoms with van der Waals surface area (Å²) in [6.07, 6.45) is 5.54. The summed E-state index contributed by atoms with van der Waals surface area (Å²) in [5, 5.41) is 15.2. The minimum absolute atomic E-state index is 0.300. The molecule has 2 heterocycles. The molecule has 1 aromatic heterocycles. The van der Waals surface area contributed by atoms with Crippen molar-refractivity contribution in [2.45, 2.75) is 25.3 Å². The van der Waals surface area contributed by atoms with Crippen molar-refractivity contribution in [3.05, 3.63) is 30.5 Å².